The Labute approximate surface area is 782 Å². The van der Waals surface area contributed by atoms with Gasteiger partial charge in [-0.05, 0) is 217 Å². The highest BCUT2D eigenvalue weighted by molar-refractivity contribution is 5.80. The van der Waals surface area contributed by atoms with Gasteiger partial charge in [-0.2, -0.15) is 0 Å². The molecule has 14 aromatic carbocycles. The van der Waals surface area contributed by atoms with Crippen LogP contribution >= 0.6 is 0 Å². The summed E-state index contributed by atoms with van der Waals surface area (Å²) in [6.07, 6.45) is 21.3. The van der Waals surface area contributed by atoms with E-state index in [1.807, 2.05) is 134 Å². The SMILES string of the molecule is C=C/C(N)=C(\C=C\CC(C=C)C/C(=C/N)OC)OC.C=C/C=C\C(=C)C(=C)CCC=C.CCc1cc(C(c2ccc(-c3ccccc3)cc2)c2cc(C)c(N)c(CC)c2)cc(C)c1N.Nc1ccc(C(c2ccc(-c3ccccc3)cc2)c2ccc(N)c(-c3ccccc3)c2)cc1-c1ccccc1.Nc1ccc(C(c2ccc(-c3ccccc3)cc2)c2ccc(N)cc2O)c(O)c1. The Bertz CT molecular complexity index is 6120. The Morgan fingerprint density at radius 3 is 1.12 bits per heavy atom. The molecule has 0 heterocycles. The highest BCUT2D eigenvalue weighted by atomic mass is 16.5. The zero-order chi connectivity index (χ0) is 94.6. The maximum atomic E-state index is 10.6. The van der Waals surface area contributed by atoms with Gasteiger partial charge in [0.05, 0.1) is 19.9 Å². The molecule has 1 unspecified atom stereocenters. The third-order valence-corrected chi connectivity index (χ3v) is 23.4. The molecule has 670 valence electrons. The molecule has 0 fully saturated rings. The average Bonchev–Trinajstić information content (AvgIpc) is 0.794. The number of methoxy groups -OCH3 is 2. The van der Waals surface area contributed by atoms with Gasteiger partial charge in [0, 0.05) is 98.9 Å². The lowest BCUT2D eigenvalue weighted by atomic mass is 9.81. The Kier molecular flexibility index (Phi) is 36.8. The number of allylic oxidation sites excluding steroid dienone is 11. The van der Waals surface area contributed by atoms with Crippen molar-refractivity contribution < 1.29 is 19.7 Å². The number of anilines is 6. The van der Waals surface area contributed by atoms with Gasteiger partial charge in [0.25, 0.3) is 0 Å². The van der Waals surface area contributed by atoms with Gasteiger partial charge in [0.1, 0.15) is 23.0 Å². The van der Waals surface area contributed by atoms with Gasteiger partial charge in [-0.3, -0.25) is 0 Å². The van der Waals surface area contributed by atoms with E-state index in [4.69, 9.17) is 55.3 Å². The van der Waals surface area contributed by atoms with E-state index in [9.17, 15) is 10.2 Å². The number of ether oxygens (including phenoxy) is 2. The van der Waals surface area contributed by atoms with Crippen molar-refractivity contribution in [2.24, 2.45) is 17.4 Å². The summed E-state index contributed by atoms with van der Waals surface area (Å²) in [5.41, 5.74) is 81.1. The fourth-order valence-electron chi connectivity index (χ4n) is 16.0. The minimum Gasteiger partial charge on any atom is -0.508 e. The van der Waals surface area contributed by atoms with E-state index < -0.39 is 0 Å². The summed E-state index contributed by atoms with van der Waals surface area (Å²) >= 11 is 0. The quantitative estimate of drug-likeness (QED) is 0.00639. The molecule has 0 aromatic heterocycles. The molecular weight excluding hydrogens is 1620 g/mol. The van der Waals surface area contributed by atoms with E-state index in [0.29, 0.717) is 40.4 Å². The molecule has 14 aromatic rings. The van der Waals surface area contributed by atoms with Gasteiger partial charge in [-0.15, -0.1) is 13.2 Å². The van der Waals surface area contributed by atoms with E-state index in [2.05, 4.69) is 255 Å². The number of rotatable bonds is 31. The van der Waals surface area contributed by atoms with Crippen molar-refractivity contribution in [1.29, 1.82) is 0 Å². The molecule has 1 atom stereocenters. The fraction of sp³-hybridized carbons (Fsp3) is 0.133. The molecule has 0 amide bonds. The zero-order valence-electron chi connectivity index (χ0n) is 76.9. The lowest BCUT2D eigenvalue weighted by Gasteiger charge is -2.23. The molecule has 12 nitrogen and oxygen atoms in total. The molecule has 0 aliphatic rings. The minimum absolute atomic E-state index is 0.000878. The Morgan fingerprint density at radius 1 is 0.409 bits per heavy atom. The zero-order valence-corrected chi connectivity index (χ0v) is 76.9. The van der Waals surface area contributed by atoms with Crippen molar-refractivity contribution in [3.8, 4) is 67.1 Å². The predicted octanol–water partition coefficient (Wildman–Crippen LogP) is 28.0. The predicted molar refractivity (Wildman–Crippen MR) is 563 cm³/mol. The molecule has 12 heteroatoms. The fourth-order valence-corrected chi connectivity index (χ4v) is 16.0. The normalized spacial score (nSPS) is 11.4. The van der Waals surface area contributed by atoms with Crippen LogP contribution in [0.2, 0.25) is 0 Å². The molecule has 0 bridgehead atoms. The number of phenols is 2. The molecule has 0 saturated carbocycles. The lowest BCUT2D eigenvalue weighted by Crippen LogP contribution is -2.09. The number of benzene rings is 14. The van der Waals surface area contributed by atoms with E-state index in [0.717, 1.165) is 122 Å². The molecular formula is C120H126N8O4. The maximum Gasteiger partial charge on any atom is 0.141 e. The van der Waals surface area contributed by atoms with Gasteiger partial charge in [-0.25, -0.2) is 0 Å². The third kappa shape index (κ3) is 26.6. The summed E-state index contributed by atoms with van der Waals surface area (Å²) in [5.74, 6) is 1.49. The van der Waals surface area contributed by atoms with Crippen molar-refractivity contribution in [3.05, 3.63) is 516 Å². The van der Waals surface area contributed by atoms with Crippen LogP contribution in [0.5, 0.6) is 11.5 Å². The highest BCUT2D eigenvalue weighted by Crippen LogP contribution is 2.45. The number of aryl methyl sites for hydroxylation is 4. The van der Waals surface area contributed by atoms with Gasteiger partial charge in [0.2, 0.25) is 0 Å². The molecule has 0 aliphatic heterocycles. The largest absolute Gasteiger partial charge is 0.508 e. The van der Waals surface area contributed by atoms with Crippen LogP contribution in [-0.2, 0) is 22.3 Å². The molecule has 132 heavy (non-hydrogen) atoms. The van der Waals surface area contributed by atoms with Crippen LogP contribution in [0.1, 0.15) is 130 Å². The van der Waals surface area contributed by atoms with Crippen LogP contribution in [0, 0.1) is 19.8 Å². The number of hydrogen-bond donors (Lipinski definition) is 10. The van der Waals surface area contributed by atoms with Crippen LogP contribution in [0.4, 0.5) is 34.1 Å². The maximum absolute atomic E-state index is 10.6. The number of hydrogen-bond acceptors (Lipinski definition) is 12. The second-order valence-corrected chi connectivity index (χ2v) is 32.3. The van der Waals surface area contributed by atoms with Crippen molar-refractivity contribution in [3.63, 3.8) is 0 Å². The van der Waals surface area contributed by atoms with Crippen LogP contribution in [0.25, 0.3) is 55.6 Å². The highest BCUT2D eigenvalue weighted by Gasteiger charge is 2.26. The first-order valence-corrected chi connectivity index (χ1v) is 44.4. The van der Waals surface area contributed by atoms with Crippen LogP contribution in [-0.4, -0.2) is 24.4 Å². The van der Waals surface area contributed by atoms with Crippen molar-refractivity contribution in [1.82, 2.24) is 0 Å². The molecule has 0 aliphatic carbocycles. The Hall–Kier alpha value is -15.9. The third-order valence-electron chi connectivity index (χ3n) is 23.4. The first kappa shape index (κ1) is 98.3. The lowest BCUT2D eigenvalue weighted by molar-refractivity contribution is 0.265. The number of aromatic hydroxyl groups is 2. The summed E-state index contributed by atoms with van der Waals surface area (Å²) in [5, 5.41) is 21.2. The van der Waals surface area contributed by atoms with Gasteiger partial charge in [-0.1, -0.05) is 350 Å². The number of nitrogen functional groups attached to an aromatic ring is 6. The molecule has 14 rings (SSSR count). The summed E-state index contributed by atoms with van der Waals surface area (Å²) in [6, 6.07) is 110. The van der Waals surface area contributed by atoms with Gasteiger partial charge < -0.3 is 65.6 Å². The second-order valence-electron chi connectivity index (χ2n) is 32.3. The van der Waals surface area contributed by atoms with Crippen LogP contribution in [0.3, 0.4) is 0 Å². The summed E-state index contributed by atoms with van der Waals surface area (Å²) in [7, 11) is 3.17. The number of nitrogens with two attached hydrogens (primary N) is 8. The Balaban J connectivity index is 0.000000179. The standard InChI is InChI=1S/C37H30N2.C31H34N2.C25H22N2O2.C15H24N2O2.C12H16/c38-35-22-20-31(24-33(35)28-12-6-2-7-13-28)37(30-18-16-27(17-19-30)26-10-4-1-5-11-26)32-21-23-36(39)34(25-32)29-14-8-3-9-15-29;1-5-22-18-27(16-20(3)30(22)32)29(28-17-21(4)31(33)23(6-2)19-28)26-14-12-25(13-15-26)24-10-8-7-9-11-24;26-19-10-12-21(23(28)14-19)25(22-13-11-20(27)15-24(22)29)18-8-6-17(7-9-18)16-4-2-1-3-5-16;1-5-12(10-13(11-16)18-3)8-7-9-15(19-4)14(17)6-2;1-5-7-9-11(3)12(4)10-8-6-2/h1-25,37H,38-39H2;7-19,29H,5-6,32-33H2,1-4H3;1-15,25,28-29H,26-27H2;5-7,9,11-12H,1-2,8,10,16-17H2,3-4H3;5-7,9H,1-4,8,10H2/b;;;9-7+,13-11-,15-14-;9-7-. The second kappa shape index (κ2) is 49.4. The molecule has 0 saturated heterocycles. The smallest absolute Gasteiger partial charge is 0.141 e. The molecule has 0 radical (unpaired) electrons. The Morgan fingerprint density at radius 2 is 0.780 bits per heavy atom. The number of phenolic OH excluding ortho intramolecular Hbond substituents is 2. The van der Waals surface area contributed by atoms with Crippen molar-refractivity contribution in [2.45, 2.75) is 84.0 Å². The topological polar surface area (TPSA) is 267 Å². The minimum atomic E-state index is -0.374. The van der Waals surface area contributed by atoms with Gasteiger partial charge in [0.15, 0.2) is 0 Å². The van der Waals surface area contributed by atoms with E-state index in [1.165, 1.54) is 85.1 Å². The molecule has 0 spiro atoms. The van der Waals surface area contributed by atoms with E-state index in [-0.39, 0.29) is 35.2 Å². The monoisotopic (exact) mass is 1740 g/mol. The first-order valence-electron chi connectivity index (χ1n) is 44.4. The summed E-state index contributed by atoms with van der Waals surface area (Å²) < 4.78 is 10.3. The molecule has 18 N–H and O–H groups in total. The van der Waals surface area contributed by atoms with Crippen LogP contribution < -0.4 is 45.9 Å². The first-order chi connectivity index (χ1) is 64.0. The summed E-state index contributed by atoms with van der Waals surface area (Å²) in [4.78, 5) is 0. The average molecular weight is 1740 g/mol. The van der Waals surface area contributed by atoms with E-state index in [1.54, 1.807) is 50.6 Å². The van der Waals surface area contributed by atoms with Crippen molar-refractivity contribution in [2.75, 3.05) is 48.6 Å². The van der Waals surface area contributed by atoms with Crippen LogP contribution in [0.15, 0.2) is 444 Å². The van der Waals surface area contributed by atoms with Gasteiger partial charge >= 0.3 is 0 Å². The summed E-state index contributed by atoms with van der Waals surface area (Å²) in [6.45, 7) is 31.0. The van der Waals surface area contributed by atoms with Crippen molar-refractivity contribution >= 4 is 34.1 Å². The van der Waals surface area contributed by atoms with E-state index >= 15 is 0 Å².